The molecule has 0 radical (unpaired) electrons. The molecule has 0 aromatic heterocycles. The summed E-state index contributed by atoms with van der Waals surface area (Å²) in [6.07, 6.45) is 6.09. The number of alkyl halides is 3. The first-order chi connectivity index (χ1) is 17.7. The molecule has 0 bridgehead atoms. The highest BCUT2D eigenvalue weighted by atomic mass is 32.2. The second-order valence-electron chi connectivity index (χ2n) is 11.7. The molecular weight excluding hydrogens is 495 g/mol. The van der Waals surface area contributed by atoms with Crippen LogP contribution in [0, 0.1) is 11.8 Å². The fraction of sp³-hybridized carbons (Fsp3) is 0.714. The topological polar surface area (TPSA) is 56.6 Å². The maximum absolute atomic E-state index is 13.8. The molecule has 0 aromatic rings. The monoisotopic (exact) mass is 537 g/mol. The summed E-state index contributed by atoms with van der Waals surface area (Å²) in [6.45, 7) is 10.3. The molecule has 4 atom stereocenters. The Bertz CT molecular complexity index is 953. The normalized spacial score (nSPS) is 32.1. The van der Waals surface area contributed by atoms with E-state index in [1.165, 1.54) is 30.0 Å². The van der Waals surface area contributed by atoms with Gasteiger partial charge in [-0.1, -0.05) is 25.6 Å². The van der Waals surface area contributed by atoms with Gasteiger partial charge in [-0.15, -0.1) is 0 Å². The molecule has 2 saturated heterocycles. The van der Waals surface area contributed by atoms with Crippen molar-refractivity contribution in [3.63, 3.8) is 0 Å². The Morgan fingerprint density at radius 2 is 1.84 bits per heavy atom. The number of rotatable bonds is 5. The molecule has 0 aromatic carbocycles. The third kappa shape index (κ3) is 6.43. The number of thioether (sulfide) groups is 1. The Hall–Kier alpha value is -1.42. The van der Waals surface area contributed by atoms with Crippen LogP contribution in [0.25, 0.3) is 0 Å². The summed E-state index contributed by atoms with van der Waals surface area (Å²) in [7, 11) is 0. The third-order valence-corrected chi connectivity index (χ3v) is 9.70. The molecule has 4 unspecified atom stereocenters. The maximum Gasteiger partial charge on any atom is 0.412 e. The summed E-state index contributed by atoms with van der Waals surface area (Å²) < 4.78 is 41.5. The number of hydrogen-bond acceptors (Lipinski definition) is 6. The second-order valence-corrected chi connectivity index (χ2v) is 12.8. The number of allylic oxidation sites excluding steroid dienone is 4. The average molecular weight is 538 g/mol. The lowest BCUT2D eigenvalue weighted by Crippen LogP contribution is -2.51. The van der Waals surface area contributed by atoms with Gasteiger partial charge in [0.2, 0.25) is 0 Å². The number of halogens is 3. The van der Waals surface area contributed by atoms with Crippen molar-refractivity contribution in [2.24, 2.45) is 17.6 Å². The highest BCUT2D eigenvalue weighted by molar-refractivity contribution is 8.07. The van der Waals surface area contributed by atoms with Crippen molar-refractivity contribution in [3.05, 3.63) is 45.0 Å². The minimum atomic E-state index is -4.30. The first-order valence-corrected chi connectivity index (χ1v) is 14.8. The molecule has 5 rings (SSSR count). The molecule has 2 fully saturated rings. The summed E-state index contributed by atoms with van der Waals surface area (Å²) in [6, 6.07) is 0.325. The predicted octanol–water partition coefficient (Wildman–Crippen LogP) is 4.72. The number of nitrogens with zero attached hydrogens (tertiary/aromatic N) is 2. The quantitative estimate of drug-likeness (QED) is 0.472. The molecule has 206 valence electrons. The molecule has 37 heavy (non-hydrogen) atoms. The van der Waals surface area contributed by atoms with Crippen molar-refractivity contribution in [1.82, 2.24) is 20.4 Å². The fourth-order valence-electron chi connectivity index (χ4n) is 6.71. The Kier molecular flexibility index (Phi) is 8.34. The van der Waals surface area contributed by atoms with Crippen molar-refractivity contribution < 1.29 is 13.2 Å². The standard InChI is InChI=1S/C28H42F3N5S/c1-18-13-19(2)17-36(16-18)22-4-6-25-24(15-22)34-27-23(33-21-7-10-35(11-8-21)12-9-32)5-3-20(28(29,30)31)14-26(27)37-25/h4,6,14,18-19,21,23-24,33-34H,3,5,7-13,15-17,32H2,1-2H3. The zero-order valence-corrected chi connectivity index (χ0v) is 22.9. The smallest absolute Gasteiger partial charge is 0.378 e. The van der Waals surface area contributed by atoms with Crippen molar-refractivity contribution in [3.8, 4) is 0 Å². The van der Waals surface area contributed by atoms with E-state index in [-0.39, 0.29) is 18.5 Å². The van der Waals surface area contributed by atoms with Gasteiger partial charge in [0, 0.05) is 71.5 Å². The van der Waals surface area contributed by atoms with E-state index in [0.29, 0.717) is 30.8 Å². The minimum Gasteiger partial charge on any atom is -0.378 e. The van der Waals surface area contributed by atoms with Gasteiger partial charge in [0.25, 0.3) is 0 Å². The molecule has 3 aliphatic heterocycles. The van der Waals surface area contributed by atoms with Crippen molar-refractivity contribution in [2.75, 3.05) is 39.3 Å². The van der Waals surface area contributed by atoms with Gasteiger partial charge in [0.1, 0.15) is 0 Å². The van der Waals surface area contributed by atoms with E-state index in [1.54, 1.807) is 0 Å². The molecule has 0 saturated carbocycles. The van der Waals surface area contributed by atoms with Gasteiger partial charge in [0.05, 0.1) is 6.04 Å². The number of nitrogens with one attached hydrogen (secondary N) is 2. The maximum atomic E-state index is 13.8. The lowest BCUT2D eigenvalue weighted by atomic mass is 9.90. The van der Waals surface area contributed by atoms with E-state index < -0.39 is 11.7 Å². The minimum absolute atomic E-state index is 0.0409. The Morgan fingerprint density at radius 3 is 2.51 bits per heavy atom. The first-order valence-electron chi connectivity index (χ1n) is 14.0. The van der Waals surface area contributed by atoms with Gasteiger partial charge in [-0.3, -0.25) is 0 Å². The SMILES string of the molecule is CC1CC(C)CN(C2=CC=C3SC4=C(NC3C2)C(NC2CCN(CCN)CC2)CCC(C(F)(F)F)=C4)C1. The van der Waals surface area contributed by atoms with Crippen LogP contribution in [-0.2, 0) is 0 Å². The van der Waals surface area contributed by atoms with Crippen LogP contribution in [0.15, 0.2) is 45.0 Å². The zero-order valence-electron chi connectivity index (χ0n) is 22.1. The lowest BCUT2D eigenvalue weighted by Gasteiger charge is -2.42. The summed E-state index contributed by atoms with van der Waals surface area (Å²) in [5, 5.41) is 7.53. The molecule has 5 nitrogen and oxygen atoms in total. The zero-order chi connectivity index (χ0) is 26.2. The van der Waals surface area contributed by atoms with E-state index in [4.69, 9.17) is 5.73 Å². The molecule has 0 amide bonds. The number of hydrogen-bond donors (Lipinski definition) is 3. The van der Waals surface area contributed by atoms with Crippen LogP contribution in [0.4, 0.5) is 13.2 Å². The summed E-state index contributed by atoms with van der Waals surface area (Å²) in [5.74, 6) is 1.35. The largest absolute Gasteiger partial charge is 0.412 e. The van der Waals surface area contributed by atoms with E-state index in [9.17, 15) is 13.2 Å². The lowest BCUT2D eigenvalue weighted by molar-refractivity contribution is -0.0941. The second kappa shape index (κ2) is 11.4. The number of likely N-dealkylation sites (tertiary alicyclic amines) is 2. The third-order valence-electron chi connectivity index (χ3n) is 8.48. The molecule has 3 heterocycles. The van der Waals surface area contributed by atoms with Crippen LogP contribution in [0.5, 0.6) is 0 Å². The van der Waals surface area contributed by atoms with Crippen LogP contribution in [0.3, 0.4) is 0 Å². The van der Waals surface area contributed by atoms with Crippen molar-refractivity contribution in [1.29, 1.82) is 0 Å². The first kappa shape index (κ1) is 27.2. The highest BCUT2D eigenvalue weighted by Gasteiger charge is 2.40. The van der Waals surface area contributed by atoms with Crippen LogP contribution in [0.2, 0.25) is 0 Å². The van der Waals surface area contributed by atoms with Gasteiger partial charge in [0.15, 0.2) is 0 Å². The number of fused-ring (bicyclic) bond motifs is 1. The Balaban J connectivity index is 1.34. The Labute approximate surface area is 223 Å². The fourth-order valence-corrected chi connectivity index (χ4v) is 7.89. The van der Waals surface area contributed by atoms with Crippen molar-refractivity contribution >= 4 is 11.8 Å². The van der Waals surface area contributed by atoms with E-state index in [0.717, 1.165) is 67.5 Å². The molecule has 5 aliphatic rings. The highest BCUT2D eigenvalue weighted by Crippen LogP contribution is 2.45. The van der Waals surface area contributed by atoms with Gasteiger partial charge in [-0.2, -0.15) is 13.2 Å². The Morgan fingerprint density at radius 1 is 1.11 bits per heavy atom. The predicted molar refractivity (Wildman–Crippen MR) is 146 cm³/mol. The number of piperidine rings is 2. The molecule has 0 spiro atoms. The summed E-state index contributed by atoms with van der Waals surface area (Å²) >= 11 is 1.53. The summed E-state index contributed by atoms with van der Waals surface area (Å²) in [5.41, 5.74) is 7.61. The van der Waals surface area contributed by atoms with E-state index in [1.807, 2.05) is 0 Å². The van der Waals surface area contributed by atoms with E-state index in [2.05, 4.69) is 46.4 Å². The molecular formula is C28H42F3N5S. The van der Waals surface area contributed by atoms with Gasteiger partial charge >= 0.3 is 6.18 Å². The van der Waals surface area contributed by atoms with Crippen LogP contribution in [0.1, 0.15) is 52.4 Å². The van der Waals surface area contributed by atoms with Gasteiger partial charge in [-0.05, 0) is 75.3 Å². The van der Waals surface area contributed by atoms with Gasteiger partial charge in [-0.25, -0.2) is 0 Å². The van der Waals surface area contributed by atoms with E-state index >= 15 is 0 Å². The number of nitrogens with two attached hydrogens (primary N) is 1. The van der Waals surface area contributed by atoms with Gasteiger partial charge < -0.3 is 26.2 Å². The average Bonchev–Trinajstić information content (AvgIpc) is 3.02. The van der Waals surface area contributed by atoms with Crippen LogP contribution >= 0.6 is 11.8 Å². The van der Waals surface area contributed by atoms with Crippen LogP contribution < -0.4 is 16.4 Å². The molecule has 9 heteroatoms. The summed E-state index contributed by atoms with van der Waals surface area (Å²) in [4.78, 5) is 6.75. The molecule has 2 aliphatic carbocycles. The van der Waals surface area contributed by atoms with Crippen molar-refractivity contribution in [2.45, 2.75) is 76.7 Å². The molecule has 4 N–H and O–H groups in total. The van der Waals surface area contributed by atoms with Crippen LogP contribution in [-0.4, -0.2) is 73.4 Å².